The maximum Gasteiger partial charge on any atom is 0.251 e. The number of sulfone groups is 1. The summed E-state index contributed by atoms with van der Waals surface area (Å²) < 4.78 is 23.3. The van der Waals surface area contributed by atoms with Crippen molar-refractivity contribution in [2.75, 3.05) is 6.26 Å². The molecule has 0 bridgehead atoms. The molecule has 1 aliphatic rings. The van der Waals surface area contributed by atoms with E-state index in [2.05, 4.69) is 12.2 Å². The lowest BCUT2D eigenvalue weighted by Crippen LogP contribution is -2.41. The summed E-state index contributed by atoms with van der Waals surface area (Å²) in [5.74, 6) is 0.208. The van der Waals surface area contributed by atoms with Crippen LogP contribution in [0.25, 0.3) is 0 Å². The van der Waals surface area contributed by atoms with Crippen LogP contribution in [0.1, 0.15) is 43.0 Å². The first kappa shape index (κ1) is 16.3. The highest BCUT2D eigenvalue weighted by Crippen LogP contribution is 2.25. The minimum atomic E-state index is -3.45. The van der Waals surface area contributed by atoms with Crippen LogP contribution < -0.4 is 5.32 Å². The SMILES string of the molecule is CC1CCCCC1NC(=O)c1ccc(Cl)c(S(C)(=O)=O)c1. The van der Waals surface area contributed by atoms with Gasteiger partial charge in [-0.15, -0.1) is 0 Å². The van der Waals surface area contributed by atoms with Crippen LogP contribution in [0.3, 0.4) is 0 Å². The predicted molar refractivity (Wildman–Crippen MR) is 83.4 cm³/mol. The average molecular weight is 330 g/mol. The van der Waals surface area contributed by atoms with E-state index in [4.69, 9.17) is 11.6 Å². The Morgan fingerprint density at radius 3 is 2.57 bits per heavy atom. The minimum Gasteiger partial charge on any atom is -0.349 e. The van der Waals surface area contributed by atoms with Crippen molar-refractivity contribution in [1.29, 1.82) is 0 Å². The van der Waals surface area contributed by atoms with Crippen LogP contribution in [0.2, 0.25) is 5.02 Å². The fraction of sp³-hybridized carbons (Fsp3) is 0.533. The van der Waals surface area contributed by atoms with Gasteiger partial charge in [-0.05, 0) is 37.0 Å². The molecule has 1 aromatic rings. The van der Waals surface area contributed by atoms with Crippen LogP contribution in [0.15, 0.2) is 23.1 Å². The average Bonchev–Trinajstić information content (AvgIpc) is 2.40. The molecule has 0 heterocycles. The Morgan fingerprint density at radius 2 is 1.95 bits per heavy atom. The standard InChI is InChI=1S/C15H20ClNO3S/c1-10-5-3-4-6-13(10)17-15(18)11-7-8-12(16)14(9-11)21(2,19)20/h7-10,13H,3-6H2,1-2H3,(H,17,18). The Kier molecular flexibility index (Phi) is 4.94. The second-order valence-corrected chi connectivity index (χ2v) is 8.15. The molecule has 21 heavy (non-hydrogen) atoms. The van der Waals surface area contributed by atoms with Gasteiger partial charge in [-0.1, -0.05) is 31.4 Å². The first-order chi connectivity index (χ1) is 9.79. The molecule has 0 saturated heterocycles. The number of hydrogen-bond donors (Lipinski definition) is 1. The van der Waals surface area contributed by atoms with E-state index in [1.54, 1.807) is 6.07 Å². The van der Waals surface area contributed by atoms with Crippen molar-refractivity contribution < 1.29 is 13.2 Å². The molecule has 2 atom stereocenters. The van der Waals surface area contributed by atoms with Gasteiger partial charge in [0.2, 0.25) is 0 Å². The Labute approximate surface area is 130 Å². The summed E-state index contributed by atoms with van der Waals surface area (Å²) in [6.45, 7) is 2.13. The second-order valence-electron chi connectivity index (χ2n) is 5.76. The lowest BCUT2D eigenvalue weighted by molar-refractivity contribution is 0.0910. The molecule has 2 unspecified atom stereocenters. The van der Waals surface area contributed by atoms with E-state index in [1.165, 1.54) is 18.6 Å². The molecule has 1 aromatic carbocycles. The molecule has 0 radical (unpaired) electrons. The van der Waals surface area contributed by atoms with E-state index >= 15 is 0 Å². The molecule has 1 saturated carbocycles. The highest BCUT2D eigenvalue weighted by atomic mass is 35.5. The molecule has 1 amide bonds. The largest absolute Gasteiger partial charge is 0.349 e. The fourth-order valence-electron chi connectivity index (χ4n) is 2.71. The smallest absolute Gasteiger partial charge is 0.251 e. The molecule has 6 heteroatoms. The predicted octanol–water partition coefficient (Wildman–Crippen LogP) is 3.05. The Bertz CT molecular complexity index is 642. The summed E-state index contributed by atoms with van der Waals surface area (Å²) >= 11 is 5.89. The zero-order chi connectivity index (χ0) is 15.6. The van der Waals surface area contributed by atoms with E-state index in [9.17, 15) is 13.2 Å². The number of carbonyl (C=O) groups excluding carboxylic acids is 1. The van der Waals surface area contributed by atoms with Gasteiger partial charge in [-0.2, -0.15) is 0 Å². The zero-order valence-electron chi connectivity index (χ0n) is 12.2. The summed E-state index contributed by atoms with van der Waals surface area (Å²) in [7, 11) is -3.45. The molecule has 116 valence electrons. The molecule has 1 aliphatic carbocycles. The minimum absolute atomic E-state index is 0.00601. The maximum absolute atomic E-state index is 12.3. The van der Waals surface area contributed by atoms with Gasteiger partial charge < -0.3 is 5.32 Å². The Balaban J connectivity index is 2.20. The van der Waals surface area contributed by atoms with E-state index in [0.717, 1.165) is 25.5 Å². The topological polar surface area (TPSA) is 63.2 Å². The summed E-state index contributed by atoms with van der Waals surface area (Å²) in [4.78, 5) is 12.3. The van der Waals surface area contributed by atoms with E-state index in [1.807, 2.05) is 0 Å². The third-order valence-corrected chi connectivity index (χ3v) is 5.60. The third kappa shape index (κ3) is 3.98. The summed E-state index contributed by atoms with van der Waals surface area (Å²) in [6, 6.07) is 4.51. The zero-order valence-corrected chi connectivity index (χ0v) is 13.8. The van der Waals surface area contributed by atoms with Crippen LogP contribution in [0.5, 0.6) is 0 Å². The van der Waals surface area contributed by atoms with E-state index < -0.39 is 9.84 Å². The van der Waals surface area contributed by atoms with E-state index in [-0.39, 0.29) is 21.9 Å². The second kappa shape index (κ2) is 6.36. The van der Waals surface area contributed by atoms with Gasteiger partial charge in [0.25, 0.3) is 5.91 Å². The number of rotatable bonds is 3. The quantitative estimate of drug-likeness (QED) is 0.927. The first-order valence-corrected chi connectivity index (χ1v) is 9.36. The van der Waals surface area contributed by atoms with Gasteiger partial charge in [0, 0.05) is 17.9 Å². The van der Waals surface area contributed by atoms with Crippen molar-refractivity contribution in [3.05, 3.63) is 28.8 Å². The summed E-state index contributed by atoms with van der Waals surface area (Å²) in [6.07, 6.45) is 5.48. The molecular weight excluding hydrogens is 310 g/mol. The highest BCUT2D eigenvalue weighted by molar-refractivity contribution is 7.90. The monoisotopic (exact) mass is 329 g/mol. The van der Waals surface area contributed by atoms with Gasteiger partial charge in [-0.3, -0.25) is 4.79 Å². The van der Waals surface area contributed by atoms with E-state index in [0.29, 0.717) is 11.5 Å². The number of halogens is 1. The van der Waals surface area contributed by atoms with Crippen LogP contribution in [-0.2, 0) is 9.84 Å². The van der Waals surface area contributed by atoms with Gasteiger partial charge >= 0.3 is 0 Å². The molecule has 1 N–H and O–H groups in total. The van der Waals surface area contributed by atoms with Gasteiger partial charge in [0.1, 0.15) is 0 Å². The van der Waals surface area contributed by atoms with Gasteiger partial charge in [-0.25, -0.2) is 8.42 Å². The third-order valence-electron chi connectivity index (χ3n) is 4.02. The summed E-state index contributed by atoms with van der Waals surface area (Å²) in [5.41, 5.74) is 0.331. The fourth-order valence-corrected chi connectivity index (χ4v) is 4.01. The maximum atomic E-state index is 12.3. The number of carbonyl (C=O) groups is 1. The van der Waals surface area contributed by atoms with Crippen molar-refractivity contribution in [1.82, 2.24) is 5.32 Å². The molecule has 2 rings (SSSR count). The van der Waals surface area contributed by atoms with Crippen LogP contribution in [-0.4, -0.2) is 26.6 Å². The number of amides is 1. The molecule has 4 nitrogen and oxygen atoms in total. The lowest BCUT2D eigenvalue weighted by atomic mass is 9.86. The Hall–Kier alpha value is -1.07. The molecule has 0 spiro atoms. The van der Waals surface area contributed by atoms with Gasteiger partial charge in [0.05, 0.1) is 9.92 Å². The molecule has 1 fully saturated rings. The van der Waals surface area contributed by atoms with Crippen LogP contribution >= 0.6 is 11.6 Å². The normalized spacial score (nSPS) is 22.8. The van der Waals surface area contributed by atoms with Gasteiger partial charge in [0.15, 0.2) is 9.84 Å². The van der Waals surface area contributed by atoms with Crippen molar-refractivity contribution in [2.45, 2.75) is 43.5 Å². The van der Waals surface area contributed by atoms with Crippen molar-refractivity contribution in [2.24, 2.45) is 5.92 Å². The number of nitrogens with one attached hydrogen (secondary N) is 1. The molecule has 0 aliphatic heterocycles. The van der Waals surface area contributed by atoms with Crippen LogP contribution in [0.4, 0.5) is 0 Å². The summed E-state index contributed by atoms with van der Waals surface area (Å²) in [5, 5.41) is 3.15. The highest BCUT2D eigenvalue weighted by Gasteiger charge is 2.24. The first-order valence-electron chi connectivity index (χ1n) is 7.09. The molecule has 0 aromatic heterocycles. The van der Waals surface area contributed by atoms with Crippen molar-refractivity contribution in [3.8, 4) is 0 Å². The number of hydrogen-bond acceptors (Lipinski definition) is 3. The lowest BCUT2D eigenvalue weighted by Gasteiger charge is -2.29. The van der Waals surface area contributed by atoms with Crippen LogP contribution in [0, 0.1) is 5.92 Å². The molecular formula is C15H20ClNO3S. The van der Waals surface area contributed by atoms with Crippen molar-refractivity contribution in [3.63, 3.8) is 0 Å². The van der Waals surface area contributed by atoms with Crippen molar-refractivity contribution >= 4 is 27.3 Å². The Morgan fingerprint density at radius 1 is 1.29 bits per heavy atom. The number of benzene rings is 1.